The molecule has 6 nitrogen and oxygen atoms in total. The molecule has 0 unspecified atom stereocenters. The van der Waals surface area contributed by atoms with Crippen LogP contribution in [0.15, 0.2) is 52.2 Å². The number of hydrogen-bond donors (Lipinski definition) is 1. The van der Waals surface area contributed by atoms with Gasteiger partial charge in [0.25, 0.3) is 0 Å². The lowest BCUT2D eigenvalue weighted by atomic mass is 10.1. The minimum atomic E-state index is -0.405. The number of rotatable bonds is 5. The summed E-state index contributed by atoms with van der Waals surface area (Å²) in [6, 6.07) is 11.3. The number of aryl methyl sites for hydroxylation is 1. The van der Waals surface area contributed by atoms with E-state index in [1.807, 2.05) is 24.3 Å². The van der Waals surface area contributed by atoms with Crippen molar-refractivity contribution in [1.82, 2.24) is 5.43 Å². The normalized spacial score (nSPS) is 17.6. The van der Waals surface area contributed by atoms with Gasteiger partial charge in [0, 0.05) is 18.7 Å². The summed E-state index contributed by atoms with van der Waals surface area (Å²) in [5, 5.41) is 3.86. The van der Waals surface area contributed by atoms with Crippen molar-refractivity contribution in [2.45, 2.75) is 19.8 Å². The standard InChI is InChI=1S/C18H19N3O3/c1-2-13-5-7-15(8-6-13)21-12-14(10-17(21)22)18(23)20-19-11-16-4-3-9-24-16/h3-9,11,14H,2,10,12H2,1H3,(H,20,23)/b19-11+/t14-/m0/s1. The Kier molecular flexibility index (Phi) is 4.74. The Morgan fingerprint density at radius 3 is 2.83 bits per heavy atom. The molecular formula is C18H19N3O3. The average molecular weight is 325 g/mol. The van der Waals surface area contributed by atoms with Gasteiger partial charge in [-0.3, -0.25) is 9.59 Å². The van der Waals surface area contributed by atoms with E-state index >= 15 is 0 Å². The summed E-state index contributed by atoms with van der Waals surface area (Å²) in [5.74, 6) is -0.166. The monoisotopic (exact) mass is 325 g/mol. The number of carbonyl (C=O) groups excluding carboxylic acids is 2. The van der Waals surface area contributed by atoms with E-state index in [0.29, 0.717) is 12.3 Å². The predicted octanol–water partition coefficient (Wildman–Crippen LogP) is 2.35. The number of hydrazone groups is 1. The number of amides is 2. The van der Waals surface area contributed by atoms with Crippen molar-refractivity contribution in [1.29, 1.82) is 0 Å². The molecule has 1 atom stereocenters. The van der Waals surface area contributed by atoms with Gasteiger partial charge in [-0.1, -0.05) is 19.1 Å². The molecule has 0 spiro atoms. The highest BCUT2D eigenvalue weighted by Gasteiger charge is 2.35. The third kappa shape index (κ3) is 3.53. The molecule has 1 N–H and O–H groups in total. The van der Waals surface area contributed by atoms with Crippen LogP contribution in [0.4, 0.5) is 5.69 Å². The van der Waals surface area contributed by atoms with Crippen molar-refractivity contribution >= 4 is 23.7 Å². The van der Waals surface area contributed by atoms with Crippen LogP contribution in [-0.2, 0) is 16.0 Å². The van der Waals surface area contributed by atoms with E-state index in [9.17, 15) is 9.59 Å². The highest BCUT2D eigenvalue weighted by atomic mass is 16.3. The van der Waals surface area contributed by atoms with E-state index in [1.54, 1.807) is 17.0 Å². The summed E-state index contributed by atoms with van der Waals surface area (Å²) in [6.45, 7) is 2.45. The van der Waals surface area contributed by atoms with Crippen molar-refractivity contribution in [2.75, 3.05) is 11.4 Å². The number of carbonyl (C=O) groups is 2. The first-order valence-corrected chi connectivity index (χ1v) is 7.93. The van der Waals surface area contributed by atoms with E-state index < -0.39 is 5.92 Å². The molecular weight excluding hydrogens is 306 g/mol. The smallest absolute Gasteiger partial charge is 0.245 e. The van der Waals surface area contributed by atoms with E-state index in [2.05, 4.69) is 17.5 Å². The zero-order valence-corrected chi connectivity index (χ0v) is 13.4. The third-order valence-electron chi connectivity index (χ3n) is 4.06. The van der Waals surface area contributed by atoms with Gasteiger partial charge in [0.05, 0.1) is 18.4 Å². The Labute approximate surface area is 140 Å². The molecule has 0 aliphatic carbocycles. The van der Waals surface area contributed by atoms with Crippen LogP contribution in [0.3, 0.4) is 0 Å². The molecule has 1 saturated heterocycles. The van der Waals surface area contributed by atoms with Gasteiger partial charge in [-0.2, -0.15) is 5.10 Å². The highest BCUT2D eigenvalue weighted by molar-refractivity contribution is 6.00. The number of benzene rings is 1. The first kappa shape index (κ1) is 16.0. The van der Waals surface area contributed by atoms with Crippen LogP contribution >= 0.6 is 0 Å². The lowest BCUT2D eigenvalue weighted by Gasteiger charge is -2.16. The number of nitrogens with zero attached hydrogens (tertiary/aromatic N) is 2. The van der Waals surface area contributed by atoms with Gasteiger partial charge in [0.2, 0.25) is 11.8 Å². The van der Waals surface area contributed by atoms with Crippen molar-refractivity contribution in [3.8, 4) is 0 Å². The molecule has 1 aromatic carbocycles. The van der Waals surface area contributed by atoms with Gasteiger partial charge in [0.15, 0.2) is 0 Å². The second-order valence-corrected chi connectivity index (χ2v) is 5.68. The maximum atomic E-state index is 12.2. The lowest BCUT2D eigenvalue weighted by Crippen LogP contribution is -2.30. The summed E-state index contributed by atoms with van der Waals surface area (Å²) >= 11 is 0. The quantitative estimate of drug-likeness (QED) is 0.677. The van der Waals surface area contributed by atoms with Crippen LogP contribution in [0, 0.1) is 5.92 Å². The maximum Gasteiger partial charge on any atom is 0.245 e. The number of furan rings is 1. The number of nitrogens with one attached hydrogen (secondary N) is 1. The molecule has 0 saturated carbocycles. The fourth-order valence-electron chi connectivity index (χ4n) is 2.66. The highest BCUT2D eigenvalue weighted by Crippen LogP contribution is 2.25. The van der Waals surface area contributed by atoms with Crippen molar-refractivity contribution in [2.24, 2.45) is 11.0 Å². The summed E-state index contributed by atoms with van der Waals surface area (Å²) in [5.41, 5.74) is 4.51. The van der Waals surface area contributed by atoms with Crippen LogP contribution < -0.4 is 10.3 Å². The Balaban J connectivity index is 1.60. The van der Waals surface area contributed by atoms with Gasteiger partial charge >= 0.3 is 0 Å². The molecule has 1 aliphatic rings. The Hall–Kier alpha value is -2.89. The SMILES string of the molecule is CCc1ccc(N2C[C@@H](C(=O)N/N=C/c3ccco3)CC2=O)cc1. The number of hydrogen-bond acceptors (Lipinski definition) is 4. The van der Waals surface area contributed by atoms with Crippen molar-refractivity contribution in [3.05, 3.63) is 54.0 Å². The van der Waals surface area contributed by atoms with Gasteiger partial charge in [0.1, 0.15) is 5.76 Å². The Morgan fingerprint density at radius 1 is 1.38 bits per heavy atom. The average Bonchev–Trinajstić information content (AvgIpc) is 3.24. The molecule has 2 heterocycles. The summed E-state index contributed by atoms with van der Waals surface area (Å²) in [6.07, 6.45) is 4.10. The zero-order valence-electron chi connectivity index (χ0n) is 13.4. The van der Waals surface area contributed by atoms with Crippen LogP contribution in [0.25, 0.3) is 0 Å². The first-order chi connectivity index (χ1) is 11.7. The molecule has 2 amide bonds. The molecule has 24 heavy (non-hydrogen) atoms. The van der Waals surface area contributed by atoms with E-state index in [4.69, 9.17) is 4.42 Å². The molecule has 1 aliphatic heterocycles. The zero-order chi connectivity index (χ0) is 16.9. The van der Waals surface area contributed by atoms with E-state index in [1.165, 1.54) is 18.0 Å². The van der Waals surface area contributed by atoms with Gasteiger partial charge < -0.3 is 9.32 Å². The predicted molar refractivity (Wildman–Crippen MR) is 90.7 cm³/mol. The van der Waals surface area contributed by atoms with Crippen LogP contribution in [0.2, 0.25) is 0 Å². The first-order valence-electron chi connectivity index (χ1n) is 7.93. The lowest BCUT2D eigenvalue weighted by molar-refractivity contribution is -0.126. The molecule has 6 heteroatoms. The fraction of sp³-hybridized carbons (Fsp3) is 0.278. The Morgan fingerprint density at radius 2 is 2.17 bits per heavy atom. The second kappa shape index (κ2) is 7.12. The molecule has 3 rings (SSSR count). The number of anilines is 1. The van der Waals surface area contributed by atoms with Gasteiger partial charge in [-0.25, -0.2) is 5.43 Å². The summed E-state index contributed by atoms with van der Waals surface area (Å²) in [7, 11) is 0. The van der Waals surface area contributed by atoms with E-state index in [-0.39, 0.29) is 18.2 Å². The molecule has 1 fully saturated rings. The van der Waals surface area contributed by atoms with Crippen LogP contribution in [0.5, 0.6) is 0 Å². The second-order valence-electron chi connectivity index (χ2n) is 5.68. The van der Waals surface area contributed by atoms with Gasteiger partial charge in [-0.05, 0) is 36.2 Å². The molecule has 1 aromatic heterocycles. The maximum absolute atomic E-state index is 12.2. The largest absolute Gasteiger partial charge is 0.463 e. The topological polar surface area (TPSA) is 74.9 Å². The molecule has 0 bridgehead atoms. The molecule has 0 radical (unpaired) electrons. The molecule has 124 valence electrons. The third-order valence-corrected chi connectivity index (χ3v) is 4.06. The molecule has 2 aromatic rings. The minimum Gasteiger partial charge on any atom is -0.463 e. The van der Waals surface area contributed by atoms with Crippen LogP contribution in [-0.4, -0.2) is 24.6 Å². The summed E-state index contributed by atoms with van der Waals surface area (Å²) in [4.78, 5) is 26.0. The Bertz CT molecular complexity index is 735. The summed E-state index contributed by atoms with van der Waals surface area (Å²) < 4.78 is 5.09. The van der Waals surface area contributed by atoms with Crippen LogP contribution in [0.1, 0.15) is 24.7 Å². The minimum absolute atomic E-state index is 0.0468. The fourth-order valence-corrected chi connectivity index (χ4v) is 2.66. The van der Waals surface area contributed by atoms with Crippen molar-refractivity contribution < 1.29 is 14.0 Å². The van der Waals surface area contributed by atoms with E-state index in [0.717, 1.165) is 12.1 Å². The van der Waals surface area contributed by atoms with Crippen molar-refractivity contribution in [3.63, 3.8) is 0 Å². The van der Waals surface area contributed by atoms with Gasteiger partial charge in [-0.15, -0.1) is 0 Å².